The van der Waals surface area contributed by atoms with Crippen molar-refractivity contribution in [2.45, 2.75) is 18.0 Å². The van der Waals surface area contributed by atoms with Crippen molar-refractivity contribution >= 4 is 26.5 Å². The number of hydrogen-bond acceptors (Lipinski definition) is 4. The summed E-state index contributed by atoms with van der Waals surface area (Å²) in [6.45, 7) is 1.76. The minimum absolute atomic E-state index is 0.154. The predicted octanol–water partition coefficient (Wildman–Crippen LogP) is 4.94. The summed E-state index contributed by atoms with van der Waals surface area (Å²) in [7, 11) is -4.03. The van der Waals surface area contributed by atoms with Gasteiger partial charge in [-0.05, 0) is 36.8 Å². The van der Waals surface area contributed by atoms with Crippen LogP contribution in [0, 0.1) is 6.92 Å². The van der Waals surface area contributed by atoms with E-state index < -0.39 is 21.8 Å². The molecule has 0 unspecified atom stereocenters. The first-order chi connectivity index (χ1) is 12.2. The van der Waals surface area contributed by atoms with Crippen LogP contribution in [0.5, 0.6) is 0 Å². The van der Waals surface area contributed by atoms with Crippen LogP contribution in [0.3, 0.4) is 0 Å². The lowest BCUT2D eigenvalue weighted by molar-refractivity contribution is -0.137. The van der Waals surface area contributed by atoms with Crippen LogP contribution in [0.1, 0.15) is 11.3 Å². The molecule has 0 aliphatic rings. The lowest BCUT2D eigenvalue weighted by Gasteiger charge is -2.08. The van der Waals surface area contributed by atoms with Crippen LogP contribution in [0.25, 0.3) is 10.4 Å². The largest absolute Gasteiger partial charge is 0.416 e. The molecule has 0 aliphatic carbocycles. The molecule has 0 saturated carbocycles. The third kappa shape index (κ3) is 3.88. The molecule has 0 radical (unpaired) electrons. The van der Waals surface area contributed by atoms with E-state index in [0.29, 0.717) is 5.69 Å². The maximum Gasteiger partial charge on any atom is 0.416 e. The number of rotatable bonds is 4. The molecule has 0 aliphatic heterocycles. The van der Waals surface area contributed by atoms with Crippen molar-refractivity contribution in [1.82, 2.24) is 4.98 Å². The Morgan fingerprint density at radius 1 is 1.00 bits per heavy atom. The monoisotopic (exact) mass is 398 g/mol. The Hall–Kier alpha value is -2.39. The fraction of sp³-hybridized carbons (Fsp3) is 0.118. The Morgan fingerprint density at radius 2 is 1.62 bits per heavy atom. The Kier molecular flexibility index (Phi) is 4.76. The van der Waals surface area contributed by atoms with E-state index in [0.717, 1.165) is 46.0 Å². The Bertz CT molecular complexity index is 1010. The van der Waals surface area contributed by atoms with Crippen LogP contribution < -0.4 is 4.72 Å². The molecule has 0 saturated heterocycles. The molecule has 9 heteroatoms. The molecule has 0 spiro atoms. The molecule has 26 heavy (non-hydrogen) atoms. The highest BCUT2D eigenvalue weighted by Crippen LogP contribution is 2.34. The lowest BCUT2D eigenvalue weighted by atomic mass is 10.2. The molecule has 136 valence electrons. The zero-order valence-corrected chi connectivity index (χ0v) is 15.0. The standard InChI is InChI=1S/C17H13F3N2O2S2/c1-11-15(12-5-3-2-4-6-12)25-16(21-11)22-26(23,24)14-9-7-13(8-10-14)17(18,19)20/h2-10H,1H3,(H,21,22). The molecular weight excluding hydrogens is 385 g/mol. The number of anilines is 1. The minimum atomic E-state index is -4.52. The SMILES string of the molecule is Cc1nc(NS(=O)(=O)c2ccc(C(F)(F)F)cc2)sc1-c1ccccc1. The number of alkyl halides is 3. The van der Waals surface area contributed by atoms with Gasteiger partial charge in [-0.15, -0.1) is 0 Å². The van der Waals surface area contributed by atoms with Crippen LogP contribution in [-0.4, -0.2) is 13.4 Å². The molecule has 3 aromatic rings. The predicted molar refractivity (Wildman–Crippen MR) is 94.5 cm³/mol. The van der Waals surface area contributed by atoms with Crippen molar-refractivity contribution in [3.63, 3.8) is 0 Å². The quantitative estimate of drug-likeness (QED) is 0.677. The van der Waals surface area contributed by atoms with Crippen molar-refractivity contribution < 1.29 is 21.6 Å². The Morgan fingerprint density at radius 3 is 2.19 bits per heavy atom. The fourth-order valence-corrected chi connectivity index (χ4v) is 4.50. The summed E-state index contributed by atoms with van der Waals surface area (Å²) < 4.78 is 64.9. The Balaban J connectivity index is 1.86. The number of benzene rings is 2. The van der Waals surface area contributed by atoms with E-state index in [1.165, 1.54) is 0 Å². The number of nitrogens with zero attached hydrogens (tertiary/aromatic N) is 1. The average molecular weight is 398 g/mol. The average Bonchev–Trinajstić information content (AvgIpc) is 2.94. The number of aryl methyl sites for hydroxylation is 1. The van der Waals surface area contributed by atoms with E-state index in [-0.39, 0.29) is 10.0 Å². The van der Waals surface area contributed by atoms with E-state index in [4.69, 9.17) is 0 Å². The number of hydrogen-bond donors (Lipinski definition) is 1. The van der Waals surface area contributed by atoms with Crippen molar-refractivity contribution in [2.75, 3.05) is 4.72 Å². The third-order valence-corrected chi connectivity index (χ3v) is 6.15. The topological polar surface area (TPSA) is 59.1 Å². The van der Waals surface area contributed by atoms with E-state index in [9.17, 15) is 21.6 Å². The molecule has 0 amide bonds. The molecule has 1 aromatic heterocycles. The molecule has 1 N–H and O–H groups in total. The number of sulfonamides is 1. The van der Waals surface area contributed by atoms with E-state index in [2.05, 4.69) is 9.71 Å². The van der Waals surface area contributed by atoms with E-state index >= 15 is 0 Å². The summed E-state index contributed by atoms with van der Waals surface area (Å²) in [5.41, 5.74) is 0.654. The van der Waals surface area contributed by atoms with Gasteiger partial charge in [0.1, 0.15) is 0 Å². The summed E-state index contributed by atoms with van der Waals surface area (Å²) in [5.74, 6) is 0. The number of thiazole rings is 1. The summed E-state index contributed by atoms with van der Waals surface area (Å²) in [6.07, 6.45) is -4.52. The highest BCUT2D eigenvalue weighted by molar-refractivity contribution is 7.93. The van der Waals surface area contributed by atoms with Gasteiger partial charge in [-0.2, -0.15) is 13.2 Å². The van der Waals surface area contributed by atoms with Gasteiger partial charge in [-0.25, -0.2) is 13.4 Å². The zero-order chi connectivity index (χ0) is 18.9. The molecule has 0 atom stereocenters. The minimum Gasteiger partial charge on any atom is -0.255 e. The van der Waals surface area contributed by atoms with Gasteiger partial charge in [0.2, 0.25) is 0 Å². The smallest absolute Gasteiger partial charge is 0.255 e. The molecule has 2 aromatic carbocycles. The first-order valence-electron chi connectivity index (χ1n) is 7.40. The zero-order valence-electron chi connectivity index (χ0n) is 13.4. The second-order valence-corrected chi connectivity index (χ2v) is 8.11. The molecule has 1 heterocycles. The van der Waals surface area contributed by atoms with Crippen molar-refractivity contribution in [3.05, 3.63) is 65.9 Å². The summed E-state index contributed by atoms with van der Waals surface area (Å²) >= 11 is 1.16. The van der Waals surface area contributed by atoms with E-state index in [1.807, 2.05) is 30.3 Å². The molecule has 0 fully saturated rings. The van der Waals surface area contributed by atoms with Crippen LogP contribution in [0.4, 0.5) is 18.3 Å². The fourth-order valence-electron chi connectivity index (χ4n) is 2.29. The van der Waals surface area contributed by atoms with E-state index in [1.54, 1.807) is 6.92 Å². The molecule has 4 nitrogen and oxygen atoms in total. The van der Waals surface area contributed by atoms with Gasteiger partial charge >= 0.3 is 6.18 Å². The van der Waals surface area contributed by atoms with Gasteiger partial charge in [0.15, 0.2) is 5.13 Å². The van der Waals surface area contributed by atoms with Gasteiger partial charge < -0.3 is 0 Å². The normalized spacial score (nSPS) is 12.2. The molecule has 3 rings (SSSR count). The maximum atomic E-state index is 12.6. The van der Waals surface area contributed by atoms with Crippen LogP contribution in [0.2, 0.25) is 0 Å². The second kappa shape index (κ2) is 6.73. The maximum absolute atomic E-state index is 12.6. The summed E-state index contributed by atoms with van der Waals surface area (Å²) in [4.78, 5) is 4.75. The van der Waals surface area contributed by atoms with Gasteiger partial charge in [0.05, 0.1) is 21.0 Å². The van der Waals surface area contributed by atoms with Crippen molar-refractivity contribution in [3.8, 4) is 10.4 Å². The second-order valence-electron chi connectivity index (χ2n) is 5.43. The summed E-state index contributed by atoms with van der Waals surface area (Å²) in [5, 5.41) is 0.154. The van der Waals surface area contributed by atoms with Crippen molar-refractivity contribution in [2.24, 2.45) is 0 Å². The first-order valence-corrected chi connectivity index (χ1v) is 9.70. The van der Waals surface area contributed by atoms with Crippen LogP contribution in [0.15, 0.2) is 59.5 Å². The number of halogens is 3. The highest BCUT2D eigenvalue weighted by Gasteiger charge is 2.30. The Labute approximate surface area is 152 Å². The van der Waals surface area contributed by atoms with Crippen molar-refractivity contribution in [1.29, 1.82) is 0 Å². The van der Waals surface area contributed by atoms with Crippen LogP contribution in [-0.2, 0) is 16.2 Å². The third-order valence-electron chi connectivity index (χ3n) is 3.55. The van der Waals surface area contributed by atoms with Crippen LogP contribution >= 0.6 is 11.3 Å². The molecule has 0 bridgehead atoms. The lowest BCUT2D eigenvalue weighted by Crippen LogP contribution is -2.13. The first kappa shape index (κ1) is 18.4. The molecular formula is C17H13F3N2O2S2. The van der Waals surface area contributed by atoms with Gasteiger partial charge in [0, 0.05) is 0 Å². The summed E-state index contributed by atoms with van der Waals surface area (Å²) in [6, 6.07) is 12.7. The van der Waals surface area contributed by atoms with Gasteiger partial charge in [0.25, 0.3) is 10.0 Å². The number of nitrogens with one attached hydrogen (secondary N) is 1. The number of aromatic nitrogens is 1. The van der Waals surface area contributed by atoms with Gasteiger partial charge in [-0.1, -0.05) is 41.7 Å². The highest BCUT2D eigenvalue weighted by atomic mass is 32.2. The van der Waals surface area contributed by atoms with Gasteiger partial charge in [-0.3, -0.25) is 4.72 Å².